The van der Waals surface area contributed by atoms with Crippen molar-refractivity contribution in [3.05, 3.63) is 0 Å². The molecule has 22 heavy (non-hydrogen) atoms. The van der Waals surface area contributed by atoms with Gasteiger partial charge in [0.25, 0.3) is 0 Å². The van der Waals surface area contributed by atoms with E-state index in [-0.39, 0.29) is 17.1 Å². The minimum atomic E-state index is -0.284. The Kier molecular flexibility index (Phi) is 3.26. The lowest BCUT2D eigenvalue weighted by atomic mass is 9.94. The second-order valence-corrected chi connectivity index (χ2v) is 7.81. The van der Waals surface area contributed by atoms with Crippen LogP contribution < -0.4 is 5.32 Å². The standard InChI is InChI=1S/C17H27N3O2/c1-13(21)19-10-8-17(9-11-19)18-16(6-2-3-7-16)15(22)20(17)12-14-4-5-14/h14,18H,2-12H2,1H3. The molecule has 0 unspecified atom stereocenters. The predicted octanol–water partition coefficient (Wildman–Crippen LogP) is 1.48. The van der Waals surface area contributed by atoms with Gasteiger partial charge >= 0.3 is 0 Å². The molecule has 122 valence electrons. The maximum Gasteiger partial charge on any atom is 0.244 e. The van der Waals surface area contributed by atoms with Crippen LogP contribution in [-0.4, -0.2) is 52.5 Å². The highest BCUT2D eigenvalue weighted by Crippen LogP contribution is 2.45. The van der Waals surface area contributed by atoms with E-state index in [0.29, 0.717) is 11.8 Å². The first kappa shape index (κ1) is 14.5. The van der Waals surface area contributed by atoms with Crippen molar-refractivity contribution < 1.29 is 9.59 Å². The van der Waals surface area contributed by atoms with Gasteiger partial charge in [-0.05, 0) is 31.6 Å². The van der Waals surface area contributed by atoms with E-state index in [1.807, 2.05) is 4.90 Å². The van der Waals surface area contributed by atoms with Crippen molar-refractivity contribution in [2.45, 2.75) is 69.5 Å². The van der Waals surface area contributed by atoms with Crippen LogP contribution in [-0.2, 0) is 9.59 Å². The highest BCUT2D eigenvalue weighted by molar-refractivity contribution is 5.90. The van der Waals surface area contributed by atoms with E-state index in [9.17, 15) is 9.59 Å². The van der Waals surface area contributed by atoms with Crippen molar-refractivity contribution in [3.63, 3.8) is 0 Å². The number of nitrogens with one attached hydrogen (secondary N) is 1. The van der Waals surface area contributed by atoms with Crippen LogP contribution in [0.2, 0.25) is 0 Å². The first-order valence-corrected chi connectivity index (χ1v) is 8.92. The summed E-state index contributed by atoms with van der Waals surface area (Å²) in [4.78, 5) is 28.9. The van der Waals surface area contributed by atoms with Gasteiger partial charge in [-0.3, -0.25) is 14.9 Å². The lowest BCUT2D eigenvalue weighted by molar-refractivity contribution is -0.137. The summed E-state index contributed by atoms with van der Waals surface area (Å²) in [7, 11) is 0. The maximum absolute atomic E-state index is 13.2. The third-order valence-corrected chi connectivity index (χ3v) is 6.27. The molecule has 0 bridgehead atoms. The largest absolute Gasteiger partial charge is 0.343 e. The third kappa shape index (κ3) is 2.16. The number of likely N-dealkylation sites (tertiary alicyclic amines) is 1. The molecule has 2 heterocycles. The number of carbonyl (C=O) groups is 2. The van der Waals surface area contributed by atoms with Crippen LogP contribution in [0, 0.1) is 5.92 Å². The Morgan fingerprint density at radius 3 is 2.36 bits per heavy atom. The minimum absolute atomic E-state index is 0.156. The van der Waals surface area contributed by atoms with Crippen LogP contribution in [0.25, 0.3) is 0 Å². The van der Waals surface area contributed by atoms with E-state index in [1.165, 1.54) is 12.8 Å². The van der Waals surface area contributed by atoms with E-state index >= 15 is 0 Å². The van der Waals surface area contributed by atoms with Crippen LogP contribution in [0.4, 0.5) is 0 Å². The molecular weight excluding hydrogens is 278 g/mol. The summed E-state index contributed by atoms with van der Waals surface area (Å²) in [6.45, 7) is 4.11. The molecule has 2 saturated carbocycles. The van der Waals surface area contributed by atoms with Gasteiger partial charge in [-0.2, -0.15) is 0 Å². The van der Waals surface area contributed by atoms with Crippen molar-refractivity contribution in [1.29, 1.82) is 0 Å². The fourth-order valence-electron chi connectivity index (χ4n) is 4.74. The summed E-state index contributed by atoms with van der Waals surface area (Å²) in [6, 6.07) is 0. The molecule has 2 aliphatic heterocycles. The van der Waals surface area contributed by atoms with Crippen molar-refractivity contribution >= 4 is 11.8 Å². The zero-order chi connectivity index (χ0) is 15.4. The topological polar surface area (TPSA) is 52.7 Å². The van der Waals surface area contributed by atoms with Crippen LogP contribution in [0.5, 0.6) is 0 Å². The fourth-order valence-corrected chi connectivity index (χ4v) is 4.74. The molecule has 4 rings (SSSR count). The lowest BCUT2D eigenvalue weighted by Gasteiger charge is -2.45. The van der Waals surface area contributed by atoms with Gasteiger partial charge in [0.05, 0.1) is 11.2 Å². The zero-order valence-electron chi connectivity index (χ0n) is 13.6. The molecule has 0 aromatic rings. The second-order valence-electron chi connectivity index (χ2n) is 7.81. The SMILES string of the molecule is CC(=O)N1CCC2(CC1)NC1(CCCC1)C(=O)N2CC1CC1. The van der Waals surface area contributed by atoms with Gasteiger partial charge in [0.2, 0.25) is 11.8 Å². The highest BCUT2D eigenvalue weighted by atomic mass is 16.2. The number of amides is 2. The van der Waals surface area contributed by atoms with Gasteiger partial charge in [-0.15, -0.1) is 0 Å². The van der Waals surface area contributed by atoms with Crippen molar-refractivity contribution in [2.24, 2.45) is 5.92 Å². The monoisotopic (exact) mass is 305 g/mol. The molecular formula is C17H27N3O2. The van der Waals surface area contributed by atoms with E-state index in [2.05, 4.69) is 10.2 Å². The number of nitrogens with zero attached hydrogens (tertiary/aromatic N) is 2. The summed E-state index contributed by atoms with van der Waals surface area (Å²) < 4.78 is 0. The van der Waals surface area contributed by atoms with Crippen molar-refractivity contribution in [2.75, 3.05) is 19.6 Å². The normalized spacial score (nSPS) is 29.8. The van der Waals surface area contributed by atoms with E-state index in [1.54, 1.807) is 6.92 Å². The number of hydrogen-bond donors (Lipinski definition) is 1. The van der Waals surface area contributed by atoms with Crippen LogP contribution in [0.3, 0.4) is 0 Å². The molecule has 4 aliphatic rings. The Bertz CT molecular complexity index is 486. The summed E-state index contributed by atoms with van der Waals surface area (Å²) in [6.07, 6.45) is 8.60. The maximum atomic E-state index is 13.2. The molecule has 1 N–H and O–H groups in total. The average molecular weight is 305 g/mol. The molecule has 0 aromatic carbocycles. The predicted molar refractivity (Wildman–Crippen MR) is 83.0 cm³/mol. The quantitative estimate of drug-likeness (QED) is 0.841. The number of carbonyl (C=O) groups excluding carboxylic acids is 2. The van der Waals surface area contributed by atoms with Gasteiger partial charge in [-0.25, -0.2) is 0 Å². The van der Waals surface area contributed by atoms with Gasteiger partial charge in [-0.1, -0.05) is 12.8 Å². The molecule has 0 aromatic heterocycles. The summed E-state index contributed by atoms with van der Waals surface area (Å²) in [5.74, 6) is 1.22. The Morgan fingerprint density at radius 1 is 1.18 bits per heavy atom. The summed E-state index contributed by atoms with van der Waals surface area (Å²) in [5.41, 5.74) is -0.469. The van der Waals surface area contributed by atoms with Crippen molar-refractivity contribution in [3.8, 4) is 0 Å². The van der Waals surface area contributed by atoms with E-state index in [4.69, 9.17) is 0 Å². The lowest BCUT2D eigenvalue weighted by Crippen LogP contribution is -2.60. The first-order chi connectivity index (χ1) is 10.5. The highest BCUT2D eigenvalue weighted by Gasteiger charge is 2.60. The average Bonchev–Trinajstić information content (AvgIpc) is 3.16. The summed E-state index contributed by atoms with van der Waals surface area (Å²) >= 11 is 0. The fraction of sp³-hybridized carbons (Fsp3) is 0.882. The molecule has 2 aliphatic carbocycles. The molecule has 4 fully saturated rings. The molecule has 2 spiro atoms. The molecule has 5 nitrogen and oxygen atoms in total. The number of piperidine rings is 1. The van der Waals surface area contributed by atoms with Gasteiger partial charge in [0.15, 0.2) is 0 Å². The Labute approximate surface area is 132 Å². The molecule has 2 amide bonds. The van der Waals surface area contributed by atoms with Gasteiger partial charge in [0.1, 0.15) is 0 Å². The molecule has 0 atom stereocenters. The molecule has 5 heteroatoms. The minimum Gasteiger partial charge on any atom is -0.343 e. The van der Waals surface area contributed by atoms with Crippen LogP contribution >= 0.6 is 0 Å². The van der Waals surface area contributed by atoms with Crippen molar-refractivity contribution in [1.82, 2.24) is 15.1 Å². The molecule has 0 radical (unpaired) electrons. The second kappa shape index (κ2) is 4.95. The van der Waals surface area contributed by atoms with Crippen LogP contribution in [0.15, 0.2) is 0 Å². The first-order valence-electron chi connectivity index (χ1n) is 8.92. The Morgan fingerprint density at radius 2 is 1.82 bits per heavy atom. The number of hydrogen-bond acceptors (Lipinski definition) is 3. The van der Waals surface area contributed by atoms with Gasteiger partial charge in [0, 0.05) is 39.4 Å². The van der Waals surface area contributed by atoms with E-state index < -0.39 is 0 Å². The van der Waals surface area contributed by atoms with Crippen LogP contribution in [0.1, 0.15) is 58.3 Å². The molecule has 2 saturated heterocycles. The van der Waals surface area contributed by atoms with E-state index in [0.717, 1.165) is 58.2 Å². The Hall–Kier alpha value is -1.10. The Balaban J connectivity index is 1.58. The number of rotatable bonds is 2. The third-order valence-electron chi connectivity index (χ3n) is 6.27. The van der Waals surface area contributed by atoms with Gasteiger partial charge < -0.3 is 9.80 Å². The smallest absolute Gasteiger partial charge is 0.244 e. The zero-order valence-corrected chi connectivity index (χ0v) is 13.6. The summed E-state index contributed by atoms with van der Waals surface area (Å²) in [5, 5.41) is 3.81.